The first-order valence-electron chi connectivity index (χ1n) is 4.85. The number of halogens is 1. The van der Waals surface area contributed by atoms with Crippen molar-refractivity contribution in [1.29, 1.82) is 0 Å². The van der Waals surface area contributed by atoms with Crippen molar-refractivity contribution in [1.82, 2.24) is 12.9 Å². The van der Waals surface area contributed by atoms with Crippen LogP contribution >= 0.6 is 22.9 Å². The van der Waals surface area contributed by atoms with Crippen LogP contribution in [0.4, 0.5) is 0 Å². The number of nitrogens with zero attached hydrogens (tertiary/aromatic N) is 3. The summed E-state index contributed by atoms with van der Waals surface area (Å²) in [5, 5.41) is 4.22. The predicted octanol–water partition coefficient (Wildman–Crippen LogP) is 1.23. The van der Waals surface area contributed by atoms with E-state index >= 15 is 0 Å². The molecule has 1 aliphatic heterocycles. The van der Waals surface area contributed by atoms with Gasteiger partial charge in [0.25, 0.3) is 0 Å². The Bertz CT molecular complexity index is 377. The average molecular weight is 321 g/mol. The van der Waals surface area contributed by atoms with E-state index < -0.39 is 0 Å². The lowest BCUT2D eigenvalue weighted by atomic mass is 10.3. The van der Waals surface area contributed by atoms with Gasteiger partial charge in [0.2, 0.25) is 0 Å². The molecule has 5 nitrogen and oxygen atoms in total. The fraction of sp³-hybridized carbons (Fsp3) is 0.556. The van der Waals surface area contributed by atoms with E-state index in [4.69, 9.17) is 4.74 Å². The summed E-state index contributed by atoms with van der Waals surface area (Å²) in [6.45, 7) is 4.79. The molecule has 0 spiro atoms. The van der Waals surface area contributed by atoms with E-state index in [0.29, 0.717) is 12.3 Å². The van der Waals surface area contributed by atoms with E-state index in [2.05, 4.69) is 31.1 Å². The Morgan fingerprint density at radius 2 is 2.47 bits per heavy atom. The van der Waals surface area contributed by atoms with Gasteiger partial charge in [-0.25, -0.2) is 7.91 Å². The largest absolute Gasteiger partial charge is 0.461 e. The summed E-state index contributed by atoms with van der Waals surface area (Å²) in [5.74, 6) is -0.334. The molecule has 0 bridgehead atoms. The number of aromatic nitrogens is 2. The molecule has 2 rings (SSSR count). The molecule has 82 valence electrons. The van der Waals surface area contributed by atoms with Crippen LogP contribution in [0.25, 0.3) is 0 Å². The van der Waals surface area contributed by atoms with Crippen LogP contribution in [0.5, 0.6) is 0 Å². The van der Waals surface area contributed by atoms with Crippen LogP contribution in [0.2, 0.25) is 0 Å². The molecule has 0 saturated heterocycles. The minimum atomic E-state index is -0.334. The van der Waals surface area contributed by atoms with Gasteiger partial charge in [-0.05, 0) is 13.0 Å². The Morgan fingerprint density at radius 3 is 3.20 bits per heavy atom. The predicted molar refractivity (Wildman–Crippen MR) is 62.6 cm³/mol. The third-order valence-electron chi connectivity index (χ3n) is 2.24. The number of hydrogen-bond donors (Lipinski definition) is 0. The van der Waals surface area contributed by atoms with Crippen molar-refractivity contribution in [2.24, 2.45) is 0 Å². The first kappa shape index (κ1) is 10.9. The molecule has 0 unspecified atom stereocenters. The van der Waals surface area contributed by atoms with Crippen molar-refractivity contribution in [3.8, 4) is 0 Å². The van der Waals surface area contributed by atoms with E-state index in [-0.39, 0.29) is 5.97 Å². The minimum Gasteiger partial charge on any atom is -0.461 e. The summed E-state index contributed by atoms with van der Waals surface area (Å²) in [5.41, 5.74) is 1.48. The highest BCUT2D eigenvalue weighted by Gasteiger charge is 2.19. The zero-order chi connectivity index (χ0) is 10.8. The number of esters is 1. The molecular formula is C9H12IN3O2. The lowest BCUT2D eigenvalue weighted by molar-refractivity contribution is 0.0518. The van der Waals surface area contributed by atoms with Gasteiger partial charge < -0.3 is 4.74 Å². The molecule has 0 amide bonds. The number of ether oxygens (including phenoxy) is 1. The standard InChI is InChI=1S/C9H12IN3O2/c1-2-15-9(14)8-5-7-6-12(10)3-4-13(7)11-8/h5H,2-4,6H2,1H3. The van der Waals surface area contributed by atoms with Crippen molar-refractivity contribution in [3.63, 3.8) is 0 Å². The second kappa shape index (κ2) is 4.48. The Labute approximate surface area is 102 Å². The average Bonchev–Trinajstić information content (AvgIpc) is 2.60. The maximum Gasteiger partial charge on any atom is 0.358 e. The second-order valence-corrected chi connectivity index (χ2v) is 4.67. The van der Waals surface area contributed by atoms with Crippen molar-refractivity contribution in [2.45, 2.75) is 20.0 Å². The quantitative estimate of drug-likeness (QED) is 0.467. The van der Waals surface area contributed by atoms with Crippen LogP contribution in [0.3, 0.4) is 0 Å². The van der Waals surface area contributed by atoms with Crippen LogP contribution in [0.1, 0.15) is 23.1 Å². The summed E-state index contributed by atoms with van der Waals surface area (Å²) in [4.78, 5) is 11.4. The third-order valence-corrected chi connectivity index (χ3v) is 3.06. The van der Waals surface area contributed by atoms with Crippen LogP contribution in [-0.4, -0.2) is 32.0 Å². The Balaban J connectivity index is 2.19. The van der Waals surface area contributed by atoms with Gasteiger partial charge in [-0.2, -0.15) is 5.10 Å². The molecule has 0 radical (unpaired) electrons. The maximum atomic E-state index is 11.4. The van der Waals surface area contributed by atoms with Crippen molar-refractivity contribution < 1.29 is 9.53 Å². The number of carbonyl (C=O) groups is 1. The van der Waals surface area contributed by atoms with Gasteiger partial charge in [-0.3, -0.25) is 4.68 Å². The smallest absolute Gasteiger partial charge is 0.358 e. The van der Waals surface area contributed by atoms with Crippen molar-refractivity contribution in [2.75, 3.05) is 13.2 Å². The van der Waals surface area contributed by atoms with E-state index in [1.54, 1.807) is 6.92 Å². The molecule has 15 heavy (non-hydrogen) atoms. The van der Waals surface area contributed by atoms with Gasteiger partial charge in [0.05, 0.1) is 25.4 Å². The number of rotatable bonds is 2. The van der Waals surface area contributed by atoms with E-state index in [1.807, 2.05) is 10.7 Å². The van der Waals surface area contributed by atoms with Crippen LogP contribution in [0, 0.1) is 0 Å². The van der Waals surface area contributed by atoms with Crippen LogP contribution in [-0.2, 0) is 17.8 Å². The van der Waals surface area contributed by atoms with Gasteiger partial charge in [-0.1, -0.05) is 0 Å². The molecule has 0 fully saturated rings. The number of hydrogen-bond acceptors (Lipinski definition) is 4. The molecule has 1 aliphatic rings. The highest BCUT2D eigenvalue weighted by Crippen LogP contribution is 2.16. The number of fused-ring (bicyclic) bond motifs is 1. The maximum absolute atomic E-state index is 11.4. The van der Waals surface area contributed by atoms with Crippen molar-refractivity contribution in [3.05, 3.63) is 17.5 Å². The molecule has 2 heterocycles. The van der Waals surface area contributed by atoms with Gasteiger partial charge in [0.1, 0.15) is 0 Å². The molecule has 0 atom stereocenters. The fourth-order valence-electron chi connectivity index (χ4n) is 1.54. The summed E-state index contributed by atoms with van der Waals surface area (Å²) in [6.07, 6.45) is 0. The van der Waals surface area contributed by atoms with Gasteiger partial charge >= 0.3 is 5.97 Å². The Hall–Kier alpha value is -0.630. The molecule has 1 aromatic heterocycles. The fourth-order valence-corrected chi connectivity index (χ4v) is 2.10. The molecule has 6 heteroatoms. The highest BCUT2D eigenvalue weighted by atomic mass is 127. The van der Waals surface area contributed by atoms with Crippen LogP contribution < -0.4 is 0 Å². The summed E-state index contributed by atoms with van der Waals surface area (Å²) in [7, 11) is 0. The molecule has 1 aromatic rings. The molecular weight excluding hydrogens is 309 g/mol. The molecule has 0 saturated carbocycles. The summed E-state index contributed by atoms with van der Waals surface area (Å²) < 4.78 is 8.95. The van der Waals surface area contributed by atoms with Crippen LogP contribution in [0.15, 0.2) is 6.07 Å². The Kier molecular flexibility index (Phi) is 3.25. The first-order valence-corrected chi connectivity index (χ1v) is 5.81. The number of carbonyl (C=O) groups excluding carboxylic acids is 1. The lowest BCUT2D eigenvalue weighted by Crippen LogP contribution is -2.26. The van der Waals surface area contributed by atoms with E-state index in [1.165, 1.54) is 0 Å². The zero-order valence-electron chi connectivity index (χ0n) is 8.44. The lowest BCUT2D eigenvalue weighted by Gasteiger charge is -2.20. The van der Waals surface area contributed by atoms with Gasteiger partial charge in [0.15, 0.2) is 5.69 Å². The zero-order valence-corrected chi connectivity index (χ0v) is 10.6. The second-order valence-electron chi connectivity index (χ2n) is 3.31. The van der Waals surface area contributed by atoms with Crippen molar-refractivity contribution >= 4 is 28.8 Å². The minimum absolute atomic E-state index is 0.334. The summed E-state index contributed by atoms with van der Waals surface area (Å²) in [6, 6.07) is 1.81. The molecule has 0 N–H and O–H groups in total. The monoisotopic (exact) mass is 321 g/mol. The molecule has 0 aliphatic carbocycles. The molecule has 0 aromatic carbocycles. The first-order chi connectivity index (χ1) is 7.20. The third kappa shape index (κ3) is 2.31. The van der Waals surface area contributed by atoms with E-state index in [0.717, 1.165) is 25.3 Å². The SMILES string of the molecule is CCOC(=O)c1cc2n(n1)CCN(I)C2. The van der Waals surface area contributed by atoms with E-state index in [9.17, 15) is 4.79 Å². The normalized spacial score (nSPS) is 16.1. The van der Waals surface area contributed by atoms with Gasteiger partial charge in [-0.15, -0.1) is 0 Å². The summed E-state index contributed by atoms with van der Waals surface area (Å²) >= 11 is 2.27. The van der Waals surface area contributed by atoms with Gasteiger partial charge in [0, 0.05) is 29.4 Å². The highest BCUT2D eigenvalue weighted by molar-refractivity contribution is 14.1. The topological polar surface area (TPSA) is 47.4 Å². The Morgan fingerprint density at radius 1 is 1.67 bits per heavy atom.